The van der Waals surface area contributed by atoms with Crippen LogP contribution in [0, 0.1) is 0 Å². The van der Waals surface area contributed by atoms with Crippen LogP contribution < -0.4 is 19.5 Å². The SMILES string of the molecule is COc1ccc(-c2cncc(CNCC3Cc4ccccc4O3)c2)cc1OC. The molecule has 0 spiro atoms. The molecule has 1 aromatic heterocycles. The Labute approximate surface area is 165 Å². The summed E-state index contributed by atoms with van der Waals surface area (Å²) in [5.41, 5.74) is 4.50. The van der Waals surface area contributed by atoms with Gasteiger partial charge in [0.25, 0.3) is 0 Å². The Hall–Kier alpha value is -3.05. The number of nitrogens with one attached hydrogen (secondary N) is 1. The highest BCUT2D eigenvalue weighted by Gasteiger charge is 2.21. The van der Waals surface area contributed by atoms with Crippen molar-refractivity contribution < 1.29 is 14.2 Å². The normalized spacial score (nSPS) is 15.0. The molecule has 1 unspecified atom stereocenters. The van der Waals surface area contributed by atoms with Gasteiger partial charge in [0.05, 0.1) is 14.2 Å². The molecule has 28 heavy (non-hydrogen) atoms. The molecule has 0 aliphatic carbocycles. The molecular weight excluding hydrogens is 352 g/mol. The molecule has 0 saturated heterocycles. The van der Waals surface area contributed by atoms with E-state index in [1.54, 1.807) is 14.2 Å². The minimum absolute atomic E-state index is 0.180. The highest BCUT2D eigenvalue weighted by Crippen LogP contribution is 2.32. The molecule has 1 aliphatic heterocycles. The quantitative estimate of drug-likeness (QED) is 0.679. The summed E-state index contributed by atoms with van der Waals surface area (Å²) >= 11 is 0. The number of nitrogens with zero attached hydrogens (tertiary/aromatic N) is 1. The van der Waals surface area contributed by atoms with Gasteiger partial charge in [-0.05, 0) is 41.0 Å². The van der Waals surface area contributed by atoms with E-state index in [1.165, 1.54) is 5.56 Å². The molecule has 144 valence electrons. The maximum absolute atomic E-state index is 5.98. The fourth-order valence-corrected chi connectivity index (χ4v) is 3.50. The zero-order chi connectivity index (χ0) is 19.3. The third kappa shape index (κ3) is 3.94. The zero-order valence-electron chi connectivity index (χ0n) is 16.1. The number of ether oxygens (including phenoxy) is 3. The predicted octanol–water partition coefficient (Wildman–Crippen LogP) is 3.86. The minimum Gasteiger partial charge on any atom is -0.493 e. The van der Waals surface area contributed by atoms with Crippen LogP contribution in [0.3, 0.4) is 0 Å². The van der Waals surface area contributed by atoms with Gasteiger partial charge in [-0.25, -0.2) is 0 Å². The molecule has 4 rings (SSSR count). The third-order valence-corrected chi connectivity index (χ3v) is 4.93. The molecule has 0 saturated carbocycles. The minimum atomic E-state index is 0.180. The Morgan fingerprint density at radius 2 is 1.86 bits per heavy atom. The standard InChI is InChI=1S/C23H24N2O3/c1-26-22-8-7-17(11-23(22)27-2)19-9-16(12-24-14-19)13-25-15-20-10-18-5-3-4-6-21(18)28-20/h3-9,11-12,14,20,25H,10,13,15H2,1-2H3. The maximum atomic E-state index is 5.98. The highest BCUT2D eigenvalue weighted by atomic mass is 16.5. The summed E-state index contributed by atoms with van der Waals surface area (Å²) in [7, 11) is 3.28. The van der Waals surface area contributed by atoms with E-state index >= 15 is 0 Å². The number of benzene rings is 2. The maximum Gasteiger partial charge on any atom is 0.161 e. The molecule has 0 radical (unpaired) electrons. The van der Waals surface area contributed by atoms with Crippen molar-refractivity contribution in [2.45, 2.75) is 19.1 Å². The number of para-hydroxylation sites is 1. The van der Waals surface area contributed by atoms with Crippen molar-refractivity contribution in [2.75, 3.05) is 20.8 Å². The van der Waals surface area contributed by atoms with Crippen LogP contribution in [0.4, 0.5) is 0 Å². The summed E-state index contributed by atoms with van der Waals surface area (Å²) in [6, 6.07) is 16.3. The third-order valence-electron chi connectivity index (χ3n) is 4.93. The highest BCUT2D eigenvalue weighted by molar-refractivity contribution is 5.67. The van der Waals surface area contributed by atoms with Crippen LogP contribution in [-0.2, 0) is 13.0 Å². The molecule has 3 aromatic rings. The molecular formula is C23H24N2O3. The van der Waals surface area contributed by atoms with Gasteiger partial charge in [0.2, 0.25) is 0 Å². The van der Waals surface area contributed by atoms with E-state index in [4.69, 9.17) is 14.2 Å². The molecule has 2 heterocycles. The molecule has 1 atom stereocenters. The summed E-state index contributed by atoms with van der Waals surface area (Å²) in [6.07, 6.45) is 4.88. The van der Waals surface area contributed by atoms with E-state index in [2.05, 4.69) is 28.5 Å². The largest absolute Gasteiger partial charge is 0.493 e. The molecule has 0 amide bonds. The van der Waals surface area contributed by atoms with Crippen molar-refractivity contribution in [3.05, 3.63) is 72.1 Å². The second kappa shape index (κ2) is 8.31. The number of hydrogen-bond acceptors (Lipinski definition) is 5. The van der Waals surface area contributed by atoms with Gasteiger partial charge in [-0.3, -0.25) is 4.98 Å². The average molecular weight is 376 g/mol. The van der Waals surface area contributed by atoms with Gasteiger partial charge in [-0.1, -0.05) is 24.3 Å². The van der Waals surface area contributed by atoms with E-state index in [0.717, 1.165) is 47.7 Å². The number of aromatic nitrogens is 1. The van der Waals surface area contributed by atoms with Crippen LogP contribution in [0.5, 0.6) is 17.2 Å². The number of fused-ring (bicyclic) bond motifs is 1. The average Bonchev–Trinajstić information content (AvgIpc) is 3.16. The lowest BCUT2D eigenvalue weighted by atomic mass is 10.1. The first-order chi connectivity index (χ1) is 13.8. The first-order valence-electron chi connectivity index (χ1n) is 9.38. The van der Waals surface area contributed by atoms with Crippen molar-refractivity contribution >= 4 is 0 Å². The van der Waals surface area contributed by atoms with Crippen molar-refractivity contribution in [3.8, 4) is 28.4 Å². The van der Waals surface area contributed by atoms with Crippen molar-refractivity contribution in [3.63, 3.8) is 0 Å². The van der Waals surface area contributed by atoms with Gasteiger partial charge in [-0.2, -0.15) is 0 Å². The van der Waals surface area contributed by atoms with E-state index in [-0.39, 0.29) is 6.10 Å². The van der Waals surface area contributed by atoms with Gasteiger partial charge in [0, 0.05) is 37.5 Å². The van der Waals surface area contributed by atoms with Crippen LogP contribution >= 0.6 is 0 Å². The van der Waals surface area contributed by atoms with Crippen LogP contribution in [0.2, 0.25) is 0 Å². The van der Waals surface area contributed by atoms with Crippen molar-refractivity contribution in [1.82, 2.24) is 10.3 Å². The van der Waals surface area contributed by atoms with Crippen LogP contribution in [0.15, 0.2) is 60.9 Å². The Kier molecular flexibility index (Phi) is 5.44. The predicted molar refractivity (Wildman–Crippen MR) is 109 cm³/mol. The summed E-state index contributed by atoms with van der Waals surface area (Å²) in [4.78, 5) is 4.40. The first-order valence-corrected chi connectivity index (χ1v) is 9.38. The van der Waals surface area contributed by atoms with Gasteiger partial charge >= 0.3 is 0 Å². The smallest absolute Gasteiger partial charge is 0.161 e. The van der Waals surface area contributed by atoms with Crippen molar-refractivity contribution in [1.29, 1.82) is 0 Å². The van der Waals surface area contributed by atoms with Gasteiger partial charge < -0.3 is 19.5 Å². The number of rotatable bonds is 7. The monoisotopic (exact) mass is 376 g/mol. The molecule has 5 nitrogen and oxygen atoms in total. The Morgan fingerprint density at radius 1 is 1.00 bits per heavy atom. The van der Waals surface area contributed by atoms with Crippen LogP contribution in [0.25, 0.3) is 11.1 Å². The van der Waals surface area contributed by atoms with Gasteiger partial charge in [0.1, 0.15) is 11.9 Å². The zero-order valence-corrected chi connectivity index (χ0v) is 16.1. The lowest BCUT2D eigenvalue weighted by molar-refractivity contribution is 0.227. The molecule has 2 aromatic carbocycles. The lowest BCUT2D eigenvalue weighted by Gasteiger charge is -2.13. The Bertz CT molecular complexity index is 933. The molecule has 0 fully saturated rings. The molecule has 1 N–H and O–H groups in total. The summed E-state index contributed by atoms with van der Waals surface area (Å²) in [5.74, 6) is 2.43. The van der Waals surface area contributed by atoms with E-state index in [0.29, 0.717) is 5.75 Å². The van der Waals surface area contributed by atoms with Crippen LogP contribution in [0.1, 0.15) is 11.1 Å². The molecule has 0 bridgehead atoms. The van der Waals surface area contributed by atoms with Crippen LogP contribution in [-0.4, -0.2) is 31.9 Å². The number of hydrogen-bond donors (Lipinski definition) is 1. The summed E-state index contributed by atoms with van der Waals surface area (Å²) in [5, 5.41) is 3.49. The van der Waals surface area contributed by atoms with E-state index < -0.39 is 0 Å². The Balaban J connectivity index is 1.38. The van der Waals surface area contributed by atoms with Gasteiger partial charge in [-0.15, -0.1) is 0 Å². The van der Waals surface area contributed by atoms with E-state index in [1.807, 2.05) is 42.7 Å². The number of methoxy groups -OCH3 is 2. The molecule has 5 heteroatoms. The fourth-order valence-electron chi connectivity index (χ4n) is 3.50. The number of pyridine rings is 1. The Morgan fingerprint density at radius 3 is 2.68 bits per heavy atom. The first kappa shape index (κ1) is 18.3. The van der Waals surface area contributed by atoms with Gasteiger partial charge in [0.15, 0.2) is 11.5 Å². The van der Waals surface area contributed by atoms with Crippen molar-refractivity contribution in [2.24, 2.45) is 0 Å². The topological polar surface area (TPSA) is 52.6 Å². The second-order valence-corrected chi connectivity index (χ2v) is 6.83. The second-order valence-electron chi connectivity index (χ2n) is 6.83. The summed E-state index contributed by atoms with van der Waals surface area (Å²) < 4.78 is 16.7. The molecule has 1 aliphatic rings. The lowest BCUT2D eigenvalue weighted by Crippen LogP contribution is -2.29. The fraction of sp³-hybridized carbons (Fsp3) is 0.261. The summed E-state index contributed by atoms with van der Waals surface area (Å²) in [6.45, 7) is 1.54. The van der Waals surface area contributed by atoms with E-state index in [9.17, 15) is 0 Å².